The molecule has 1 N–H and O–H groups in total. The van der Waals surface area contributed by atoms with Crippen LogP contribution in [0.15, 0.2) is 65.2 Å². The Morgan fingerprint density at radius 2 is 1.97 bits per heavy atom. The SMILES string of the molecule is CCCOc1ccc(C2C(C(=O)c3cccs3)=C(O)C(=O)N2c2nc3ccc(F)cc3s2)cc1OCC. The number of hydrogen-bond donors (Lipinski definition) is 1. The summed E-state index contributed by atoms with van der Waals surface area (Å²) in [7, 11) is 0. The van der Waals surface area contributed by atoms with Crippen LogP contribution < -0.4 is 14.4 Å². The van der Waals surface area contributed by atoms with Gasteiger partial charge in [0.2, 0.25) is 5.78 Å². The standard InChI is InChI=1S/C27H23FN2O5S2/c1-3-11-35-18-10-7-15(13-19(18)34-4-2)23-22(24(31)20-6-5-12-36-20)25(32)26(33)30(23)27-29-17-9-8-16(28)14-21(17)37-27/h5-10,12-14,23,32H,3-4,11H2,1-2H3. The molecule has 1 aliphatic heterocycles. The Labute approximate surface area is 220 Å². The van der Waals surface area contributed by atoms with E-state index in [2.05, 4.69) is 4.98 Å². The Bertz CT molecular complexity index is 1510. The van der Waals surface area contributed by atoms with Gasteiger partial charge in [0.05, 0.1) is 39.9 Å². The largest absolute Gasteiger partial charge is 0.503 e. The van der Waals surface area contributed by atoms with Gasteiger partial charge in [-0.1, -0.05) is 30.4 Å². The lowest BCUT2D eigenvalue weighted by Crippen LogP contribution is -2.31. The van der Waals surface area contributed by atoms with Crippen LogP contribution in [0.2, 0.25) is 0 Å². The van der Waals surface area contributed by atoms with Crippen LogP contribution in [-0.4, -0.2) is 35.0 Å². The minimum Gasteiger partial charge on any atom is -0.503 e. The van der Waals surface area contributed by atoms with Crippen molar-refractivity contribution >= 4 is 49.7 Å². The number of halogens is 1. The van der Waals surface area contributed by atoms with Crippen molar-refractivity contribution in [1.82, 2.24) is 4.98 Å². The Balaban J connectivity index is 1.67. The molecule has 0 bridgehead atoms. The number of ether oxygens (including phenoxy) is 2. The molecule has 37 heavy (non-hydrogen) atoms. The summed E-state index contributed by atoms with van der Waals surface area (Å²) in [6.07, 6.45) is 0.812. The van der Waals surface area contributed by atoms with E-state index in [0.717, 1.165) is 17.8 Å². The van der Waals surface area contributed by atoms with Gasteiger partial charge in [-0.25, -0.2) is 9.37 Å². The van der Waals surface area contributed by atoms with Gasteiger partial charge in [-0.15, -0.1) is 11.3 Å². The van der Waals surface area contributed by atoms with Crippen LogP contribution in [0.3, 0.4) is 0 Å². The fourth-order valence-electron chi connectivity index (χ4n) is 4.17. The number of benzene rings is 2. The molecule has 5 rings (SSSR count). The van der Waals surface area contributed by atoms with Crippen LogP contribution in [-0.2, 0) is 4.79 Å². The smallest absolute Gasteiger partial charge is 0.296 e. The summed E-state index contributed by atoms with van der Waals surface area (Å²) in [5.41, 5.74) is 0.987. The van der Waals surface area contributed by atoms with E-state index >= 15 is 0 Å². The first-order chi connectivity index (χ1) is 17.9. The number of aliphatic hydroxyl groups excluding tert-OH is 1. The summed E-state index contributed by atoms with van der Waals surface area (Å²) in [6.45, 7) is 4.72. The van der Waals surface area contributed by atoms with Crippen LogP contribution in [0.1, 0.15) is 41.5 Å². The van der Waals surface area contributed by atoms with Gasteiger partial charge in [-0.05, 0) is 60.7 Å². The first-order valence-electron chi connectivity index (χ1n) is 11.7. The molecule has 0 fully saturated rings. The summed E-state index contributed by atoms with van der Waals surface area (Å²) >= 11 is 2.32. The molecule has 0 spiro atoms. The van der Waals surface area contributed by atoms with Gasteiger partial charge in [-0.3, -0.25) is 14.5 Å². The second-order valence-corrected chi connectivity index (χ2v) is 10.2. The van der Waals surface area contributed by atoms with Gasteiger partial charge in [0.1, 0.15) is 5.82 Å². The highest BCUT2D eigenvalue weighted by atomic mass is 32.1. The number of rotatable bonds is 9. The molecule has 0 aliphatic carbocycles. The number of amides is 1. The van der Waals surface area contributed by atoms with Gasteiger partial charge in [-0.2, -0.15) is 0 Å². The number of carbonyl (C=O) groups is 2. The Kier molecular flexibility index (Phi) is 6.94. The van der Waals surface area contributed by atoms with E-state index in [1.165, 1.54) is 34.4 Å². The van der Waals surface area contributed by atoms with Crippen molar-refractivity contribution in [2.75, 3.05) is 18.1 Å². The molecule has 1 atom stereocenters. The molecule has 1 amide bonds. The van der Waals surface area contributed by atoms with Gasteiger partial charge in [0, 0.05) is 0 Å². The molecule has 3 heterocycles. The first-order valence-corrected chi connectivity index (χ1v) is 13.4. The third-order valence-electron chi connectivity index (χ3n) is 5.79. The third-order valence-corrected chi connectivity index (χ3v) is 7.67. The van der Waals surface area contributed by atoms with Gasteiger partial charge >= 0.3 is 0 Å². The Morgan fingerprint density at radius 3 is 2.70 bits per heavy atom. The maximum absolute atomic E-state index is 13.9. The van der Waals surface area contributed by atoms with E-state index in [-0.39, 0.29) is 10.7 Å². The molecule has 10 heteroatoms. The van der Waals surface area contributed by atoms with Gasteiger partial charge in [0.25, 0.3) is 5.91 Å². The number of aromatic nitrogens is 1. The minimum atomic E-state index is -0.980. The molecular formula is C27H23FN2O5S2. The molecular weight excluding hydrogens is 515 g/mol. The molecule has 190 valence electrons. The predicted molar refractivity (Wildman–Crippen MR) is 142 cm³/mol. The van der Waals surface area contributed by atoms with Crippen molar-refractivity contribution in [3.8, 4) is 11.5 Å². The number of thiazole rings is 1. The zero-order valence-electron chi connectivity index (χ0n) is 20.1. The number of ketones is 1. The summed E-state index contributed by atoms with van der Waals surface area (Å²) in [4.78, 5) is 33.2. The molecule has 2 aromatic carbocycles. The summed E-state index contributed by atoms with van der Waals surface area (Å²) < 4.78 is 26.0. The van der Waals surface area contributed by atoms with Crippen molar-refractivity contribution in [2.45, 2.75) is 26.3 Å². The topological polar surface area (TPSA) is 89.0 Å². The number of nitrogens with zero attached hydrogens (tertiary/aromatic N) is 2. The van der Waals surface area contributed by atoms with E-state index in [4.69, 9.17) is 9.47 Å². The number of carbonyl (C=O) groups excluding carboxylic acids is 2. The van der Waals surface area contributed by atoms with Crippen LogP contribution in [0.25, 0.3) is 10.2 Å². The van der Waals surface area contributed by atoms with Crippen molar-refractivity contribution < 1.29 is 28.6 Å². The number of fused-ring (bicyclic) bond motifs is 1. The van der Waals surface area contributed by atoms with Gasteiger partial charge in [0.15, 0.2) is 22.4 Å². The van der Waals surface area contributed by atoms with Crippen molar-refractivity contribution in [2.24, 2.45) is 0 Å². The normalized spacial score (nSPS) is 15.6. The third kappa shape index (κ3) is 4.58. The van der Waals surface area contributed by atoms with Crippen molar-refractivity contribution in [1.29, 1.82) is 0 Å². The zero-order valence-corrected chi connectivity index (χ0v) is 21.7. The van der Waals surface area contributed by atoms with Crippen LogP contribution in [0.4, 0.5) is 9.52 Å². The average Bonchev–Trinajstić information content (AvgIpc) is 3.62. The fraction of sp³-hybridized carbons (Fsp3) is 0.222. The molecule has 1 unspecified atom stereocenters. The number of aliphatic hydroxyl groups is 1. The first kappa shape index (κ1) is 24.9. The summed E-state index contributed by atoms with van der Waals surface area (Å²) in [5.74, 6) is -1.28. The van der Waals surface area contributed by atoms with E-state index in [9.17, 15) is 19.1 Å². The number of thiophene rings is 1. The lowest BCUT2D eigenvalue weighted by atomic mass is 9.95. The molecule has 0 saturated heterocycles. The zero-order chi connectivity index (χ0) is 26.1. The highest BCUT2D eigenvalue weighted by molar-refractivity contribution is 7.22. The molecule has 4 aromatic rings. The van der Waals surface area contributed by atoms with Gasteiger partial charge < -0.3 is 14.6 Å². The molecule has 7 nitrogen and oxygen atoms in total. The maximum Gasteiger partial charge on any atom is 0.296 e. The summed E-state index contributed by atoms with van der Waals surface area (Å²) in [5, 5.41) is 13.0. The van der Waals surface area contributed by atoms with Crippen molar-refractivity contribution in [3.05, 3.63) is 81.5 Å². The minimum absolute atomic E-state index is 0.0532. The monoisotopic (exact) mass is 538 g/mol. The molecule has 0 radical (unpaired) electrons. The Hall–Kier alpha value is -3.76. The summed E-state index contributed by atoms with van der Waals surface area (Å²) in [6, 6.07) is 11.7. The van der Waals surface area contributed by atoms with Crippen LogP contribution >= 0.6 is 22.7 Å². The quantitative estimate of drug-likeness (QED) is 0.246. The second kappa shape index (κ2) is 10.3. The number of hydrogen-bond acceptors (Lipinski definition) is 8. The molecule has 2 aromatic heterocycles. The molecule has 0 saturated carbocycles. The van der Waals surface area contributed by atoms with E-state index < -0.39 is 29.3 Å². The van der Waals surface area contributed by atoms with Crippen LogP contribution in [0, 0.1) is 5.82 Å². The van der Waals surface area contributed by atoms with Crippen molar-refractivity contribution in [3.63, 3.8) is 0 Å². The number of anilines is 1. The average molecular weight is 539 g/mol. The van der Waals surface area contributed by atoms with E-state index in [0.29, 0.717) is 45.4 Å². The van der Waals surface area contributed by atoms with E-state index in [1.807, 2.05) is 13.8 Å². The van der Waals surface area contributed by atoms with Crippen LogP contribution in [0.5, 0.6) is 11.5 Å². The predicted octanol–water partition coefficient (Wildman–Crippen LogP) is 6.47. The lowest BCUT2D eigenvalue weighted by molar-refractivity contribution is -0.117. The highest BCUT2D eigenvalue weighted by Gasteiger charge is 2.46. The highest BCUT2D eigenvalue weighted by Crippen LogP contribution is 2.46. The second-order valence-electron chi connectivity index (χ2n) is 8.24. The molecule has 1 aliphatic rings. The Morgan fingerprint density at radius 1 is 1.14 bits per heavy atom. The lowest BCUT2D eigenvalue weighted by Gasteiger charge is -2.25. The number of Topliss-reactive ketones (excluding diaryl/α,β-unsaturated/α-hetero) is 1. The fourth-order valence-corrected chi connectivity index (χ4v) is 5.87. The maximum atomic E-state index is 13.9. The van der Waals surface area contributed by atoms with E-state index in [1.54, 1.807) is 35.7 Å².